The van der Waals surface area contributed by atoms with Crippen LogP contribution in [0.4, 0.5) is 4.79 Å². The van der Waals surface area contributed by atoms with E-state index in [9.17, 15) is 4.79 Å². The SMILES string of the molecule is Cc1cc(C)n(CC(C)CNC(=O)NCCc2cnn(C)c2)n1. The Morgan fingerprint density at radius 3 is 2.74 bits per heavy atom. The van der Waals surface area contributed by atoms with E-state index in [0.717, 1.165) is 29.9 Å². The van der Waals surface area contributed by atoms with Crippen LogP contribution in [0.3, 0.4) is 0 Å². The summed E-state index contributed by atoms with van der Waals surface area (Å²) in [5, 5.41) is 14.3. The second kappa shape index (κ2) is 7.80. The fraction of sp³-hybridized carbons (Fsp3) is 0.562. The predicted octanol–water partition coefficient (Wildman–Crippen LogP) is 1.41. The average Bonchev–Trinajstić information content (AvgIpc) is 3.02. The molecule has 0 fully saturated rings. The maximum atomic E-state index is 11.8. The fourth-order valence-corrected chi connectivity index (χ4v) is 2.47. The van der Waals surface area contributed by atoms with Crippen molar-refractivity contribution < 1.29 is 4.79 Å². The van der Waals surface area contributed by atoms with Gasteiger partial charge in [-0.2, -0.15) is 10.2 Å². The Kier molecular flexibility index (Phi) is 5.78. The minimum atomic E-state index is -0.130. The van der Waals surface area contributed by atoms with Crippen molar-refractivity contribution in [3.8, 4) is 0 Å². The van der Waals surface area contributed by atoms with E-state index in [4.69, 9.17) is 0 Å². The number of carbonyl (C=O) groups excluding carboxylic acids is 1. The first-order valence-electron chi connectivity index (χ1n) is 7.94. The van der Waals surface area contributed by atoms with Crippen LogP contribution in [0, 0.1) is 19.8 Å². The van der Waals surface area contributed by atoms with Crippen LogP contribution in [0.25, 0.3) is 0 Å². The third-order valence-electron chi connectivity index (χ3n) is 3.66. The Bertz CT molecular complexity index is 645. The normalized spacial score (nSPS) is 12.2. The second-order valence-corrected chi connectivity index (χ2v) is 6.12. The summed E-state index contributed by atoms with van der Waals surface area (Å²) in [6.07, 6.45) is 4.55. The third-order valence-corrected chi connectivity index (χ3v) is 3.66. The van der Waals surface area contributed by atoms with Gasteiger partial charge >= 0.3 is 6.03 Å². The van der Waals surface area contributed by atoms with Crippen molar-refractivity contribution in [2.45, 2.75) is 33.7 Å². The molecule has 0 aliphatic carbocycles. The Hall–Kier alpha value is -2.31. The number of nitrogens with one attached hydrogen (secondary N) is 2. The molecule has 0 radical (unpaired) electrons. The number of carbonyl (C=O) groups is 1. The van der Waals surface area contributed by atoms with Crippen molar-refractivity contribution in [2.24, 2.45) is 13.0 Å². The van der Waals surface area contributed by atoms with E-state index >= 15 is 0 Å². The lowest BCUT2D eigenvalue weighted by atomic mass is 10.2. The van der Waals surface area contributed by atoms with Gasteiger partial charge in [-0.05, 0) is 37.8 Å². The van der Waals surface area contributed by atoms with Gasteiger partial charge in [0.05, 0.1) is 11.9 Å². The summed E-state index contributed by atoms with van der Waals surface area (Å²) in [6.45, 7) is 8.16. The molecule has 0 bridgehead atoms. The molecular formula is C16H26N6O. The molecule has 1 unspecified atom stereocenters. The smallest absolute Gasteiger partial charge is 0.314 e. The van der Waals surface area contributed by atoms with Crippen LogP contribution >= 0.6 is 0 Å². The fourth-order valence-electron chi connectivity index (χ4n) is 2.47. The maximum Gasteiger partial charge on any atom is 0.314 e. The van der Waals surface area contributed by atoms with E-state index < -0.39 is 0 Å². The topological polar surface area (TPSA) is 76.8 Å². The summed E-state index contributed by atoms with van der Waals surface area (Å²) in [5.41, 5.74) is 3.29. The van der Waals surface area contributed by atoms with Crippen LogP contribution in [0.1, 0.15) is 23.9 Å². The van der Waals surface area contributed by atoms with Gasteiger partial charge in [-0.15, -0.1) is 0 Å². The molecule has 126 valence electrons. The monoisotopic (exact) mass is 318 g/mol. The van der Waals surface area contributed by atoms with Crippen LogP contribution < -0.4 is 10.6 Å². The molecule has 0 aromatic carbocycles. The molecule has 0 aliphatic heterocycles. The molecule has 7 heteroatoms. The highest BCUT2D eigenvalue weighted by Crippen LogP contribution is 2.05. The van der Waals surface area contributed by atoms with Gasteiger partial charge in [-0.1, -0.05) is 6.92 Å². The van der Waals surface area contributed by atoms with Crippen molar-refractivity contribution in [1.29, 1.82) is 0 Å². The number of rotatable bonds is 7. The van der Waals surface area contributed by atoms with Gasteiger partial charge in [0.1, 0.15) is 0 Å². The molecule has 2 aromatic heterocycles. The van der Waals surface area contributed by atoms with Gasteiger partial charge in [-0.25, -0.2) is 4.79 Å². The van der Waals surface area contributed by atoms with Crippen LogP contribution in [0.5, 0.6) is 0 Å². The molecule has 23 heavy (non-hydrogen) atoms. The molecule has 2 heterocycles. The number of hydrogen-bond donors (Lipinski definition) is 2. The predicted molar refractivity (Wildman–Crippen MR) is 89.2 cm³/mol. The maximum absolute atomic E-state index is 11.8. The number of aromatic nitrogens is 4. The van der Waals surface area contributed by atoms with Crippen molar-refractivity contribution in [3.63, 3.8) is 0 Å². The summed E-state index contributed by atoms with van der Waals surface area (Å²) >= 11 is 0. The Morgan fingerprint density at radius 2 is 2.13 bits per heavy atom. The highest BCUT2D eigenvalue weighted by molar-refractivity contribution is 5.73. The van der Waals surface area contributed by atoms with Crippen LogP contribution in [-0.4, -0.2) is 38.7 Å². The van der Waals surface area contributed by atoms with E-state index in [0.29, 0.717) is 19.0 Å². The zero-order chi connectivity index (χ0) is 16.8. The number of urea groups is 1. The van der Waals surface area contributed by atoms with Gasteiger partial charge in [0.25, 0.3) is 0 Å². The van der Waals surface area contributed by atoms with Gasteiger partial charge in [0.2, 0.25) is 0 Å². The van der Waals surface area contributed by atoms with Gasteiger partial charge in [0.15, 0.2) is 0 Å². The minimum absolute atomic E-state index is 0.130. The van der Waals surface area contributed by atoms with Crippen molar-refractivity contribution in [2.75, 3.05) is 13.1 Å². The molecule has 1 atom stereocenters. The summed E-state index contributed by atoms with van der Waals surface area (Å²) in [7, 11) is 1.88. The van der Waals surface area contributed by atoms with E-state index in [1.807, 2.05) is 38.0 Å². The molecule has 7 nitrogen and oxygen atoms in total. The third kappa shape index (κ3) is 5.43. The first-order valence-corrected chi connectivity index (χ1v) is 7.94. The lowest BCUT2D eigenvalue weighted by Crippen LogP contribution is -2.39. The number of nitrogens with zero attached hydrogens (tertiary/aromatic N) is 4. The first kappa shape index (κ1) is 17.1. The molecule has 2 N–H and O–H groups in total. The summed E-state index contributed by atoms with van der Waals surface area (Å²) in [6, 6.07) is 1.93. The lowest BCUT2D eigenvalue weighted by Gasteiger charge is -2.14. The van der Waals surface area contributed by atoms with Gasteiger partial charge in [-0.3, -0.25) is 9.36 Å². The van der Waals surface area contributed by atoms with Gasteiger partial charge in [0, 0.05) is 38.6 Å². The molecule has 0 spiro atoms. The van der Waals surface area contributed by atoms with Crippen LogP contribution in [0.15, 0.2) is 18.5 Å². The second-order valence-electron chi connectivity index (χ2n) is 6.12. The van der Waals surface area contributed by atoms with E-state index in [1.54, 1.807) is 4.68 Å². The average molecular weight is 318 g/mol. The van der Waals surface area contributed by atoms with Crippen LogP contribution in [0.2, 0.25) is 0 Å². The molecular weight excluding hydrogens is 292 g/mol. The minimum Gasteiger partial charge on any atom is -0.338 e. The Balaban J connectivity index is 1.64. The van der Waals surface area contributed by atoms with Crippen molar-refractivity contribution in [1.82, 2.24) is 30.2 Å². The molecule has 0 saturated heterocycles. The molecule has 2 rings (SSSR count). The van der Waals surface area contributed by atoms with Crippen molar-refractivity contribution in [3.05, 3.63) is 35.4 Å². The zero-order valence-corrected chi connectivity index (χ0v) is 14.3. The number of hydrogen-bond acceptors (Lipinski definition) is 3. The first-order chi connectivity index (χ1) is 10.9. The Morgan fingerprint density at radius 1 is 1.35 bits per heavy atom. The summed E-state index contributed by atoms with van der Waals surface area (Å²) in [5.74, 6) is 0.317. The summed E-state index contributed by atoms with van der Waals surface area (Å²) in [4.78, 5) is 11.8. The van der Waals surface area contributed by atoms with Crippen LogP contribution in [-0.2, 0) is 20.0 Å². The molecule has 0 aliphatic rings. The summed E-state index contributed by atoms with van der Waals surface area (Å²) < 4.78 is 3.75. The highest BCUT2D eigenvalue weighted by Gasteiger charge is 2.09. The number of aryl methyl sites for hydroxylation is 3. The van der Waals surface area contributed by atoms with Crippen molar-refractivity contribution >= 4 is 6.03 Å². The zero-order valence-electron chi connectivity index (χ0n) is 14.3. The lowest BCUT2D eigenvalue weighted by molar-refractivity contribution is 0.238. The standard InChI is InChI=1S/C16H26N6O/c1-12(10-22-14(3)7-13(2)20-22)8-18-16(23)17-6-5-15-9-19-21(4)11-15/h7,9,11-12H,5-6,8,10H2,1-4H3,(H2,17,18,23). The van der Waals surface area contributed by atoms with E-state index in [1.165, 1.54) is 0 Å². The molecule has 2 aromatic rings. The van der Waals surface area contributed by atoms with Gasteiger partial charge < -0.3 is 10.6 Å². The molecule has 0 saturated carbocycles. The largest absolute Gasteiger partial charge is 0.338 e. The molecule has 2 amide bonds. The highest BCUT2D eigenvalue weighted by atomic mass is 16.2. The number of amides is 2. The van der Waals surface area contributed by atoms with E-state index in [-0.39, 0.29) is 6.03 Å². The Labute approximate surface area is 137 Å². The quantitative estimate of drug-likeness (QED) is 0.810. The van der Waals surface area contributed by atoms with E-state index in [2.05, 4.69) is 33.8 Å².